The van der Waals surface area contributed by atoms with Crippen LogP contribution in [0.2, 0.25) is 0 Å². The molecule has 0 bridgehead atoms. The van der Waals surface area contributed by atoms with Crippen molar-refractivity contribution in [3.63, 3.8) is 0 Å². The second kappa shape index (κ2) is 6.43. The largest absolute Gasteiger partial charge is 0.466 e. The highest BCUT2D eigenvalue weighted by Gasteiger charge is 2.35. The molecule has 1 N–H and O–H groups in total. The molecule has 0 aromatic heterocycles. The number of urea groups is 1. The summed E-state index contributed by atoms with van der Waals surface area (Å²) in [7, 11) is 1.28. The van der Waals surface area contributed by atoms with Crippen molar-refractivity contribution in [1.82, 2.24) is 10.2 Å². The van der Waals surface area contributed by atoms with Gasteiger partial charge in [-0.25, -0.2) is 14.0 Å². The topological polar surface area (TPSA) is 58.6 Å². The Bertz CT molecular complexity index is 637. The molecule has 1 unspecified atom stereocenters. The van der Waals surface area contributed by atoms with Gasteiger partial charge in [-0.1, -0.05) is 18.2 Å². The number of esters is 1. The molecule has 1 aliphatic heterocycles. The molecule has 5 nitrogen and oxygen atoms in total. The quantitative estimate of drug-likeness (QED) is 0.687. The van der Waals surface area contributed by atoms with E-state index in [0.29, 0.717) is 16.8 Å². The summed E-state index contributed by atoms with van der Waals surface area (Å²) in [5.74, 6) is -0.930. The highest BCUT2D eigenvalue weighted by Crippen LogP contribution is 2.31. The lowest BCUT2D eigenvalue weighted by Gasteiger charge is -2.34. The van der Waals surface area contributed by atoms with Crippen molar-refractivity contribution in [3.8, 4) is 0 Å². The van der Waals surface area contributed by atoms with Crippen LogP contribution in [0, 0.1) is 5.82 Å². The minimum atomic E-state index is -0.679. The van der Waals surface area contributed by atoms with E-state index in [4.69, 9.17) is 4.74 Å². The van der Waals surface area contributed by atoms with Crippen LogP contribution in [0.3, 0.4) is 0 Å². The Morgan fingerprint density at radius 2 is 2.09 bits per heavy atom. The van der Waals surface area contributed by atoms with Gasteiger partial charge in [0.15, 0.2) is 0 Å². The van der Waals surface area contributed by atoms with Crippen LogP contribution in [-0.2, 0) is 9.53 Å². The number of hydrogen-bond donors (Lipinski definition) is 1. The van der Waals surface area contributed by atoms with Crippen LogP contribution in [0.1, 0.15) is 18.5 Å². The number of ether oxygens (including phenoxy) is 1. The van der Waals surface area contributed by atoms with Crippen LogP contribution in [0.5, 0.6) is 0 Å². The minimum absolute atomic E-state index is 0.272. The van der Waals surface area contributed by atoms with E-state index in [2.05, 4.69) is 11.9 Å². The van der Waals surface area contributed by atoms with E-state index in [-0.39, 0.29) is 18.4 Å². The number of nitrogens with one attached hydrogen (secondary N) is 1. The molecule has 1 aliphatic rings. The van der Waals surface area contributed by atoms with E-state index in [9.17, 15) is 14.0 Å². The maximum atomic E-state index is 13.1. The summed E-state index contributed by atoms with van der Waals surface area (Å²) >= 11 is 0. The molecular weight excluding hydrogens is 287 g/mol. The van der Waals surface area contributed by atoms with Gasteiger partial charge in [-0.15, -0.1) is 6.58 Å². The van der Waals surface area contributed by atoms with E-state index in [1.807, 2.05) is 0 Å². The third-order valence-corrected chi connectivity index (χ3v) is 3.52. The molecule has 1 atom stereocenters. The predicted molar refractivity (Wildman–Crippen MR) is 79.3 cm³/mol. The van der Waals surface area contributed by atoms with Crippen LogP contribution in [0.15, 0.2) is 48.2 Å². The first-order chi connectivity index (χ1) is 10.5. The van der Waals surface area contributed by atoms with Gasteiger partial charge in [-0.3, -0.25) is 4.90 Å². The number of amides is 2. The summed E-state index contributed by atoms with van der Waals surface area (Å²) in [5, 5.41) is 2.74. The third-order valence-electron chi connectivity index (χ3n) is 3.52. The number of nitrogens with zero attached hydrogens (tertiary/aromatic N) is 1. The molecule has 6 heteroatoms. The number of benzene rings is 1. The van der Waals surface area contributed by atoms with Crippen molar-refractivity contribution >= 4 is 12.0 Å². The first-order valence-corrected chi connectivity index (χ1v) is 6.73. The molecular formula is C16H17FN2O3. The van der Waals surface area contributed by atoms with Gasteiger partial charge in [-0.05, 0) is 24.6 Å². The first-order valence-electron chi connectivity index (χ1n) is 6.73. The highest BCUT2D eigenvalue weighted by molar-refractivity contribution is 5.95. The summed E-state index contributed by atoms with van der Waals surface area (Å²) in [6.07, 6.45) is 1.57. The van der Waals surface area contributed by atoms with E-state index in [1.165, 1.54) is 36.3 Å². The molecule has 22 heavy (non-hydrogen) atoms. The molecule has 1 aromatic rings. The summed E-state index contributed by atoms with van der Waals surface area (Å²) in [6, 6.07) is 4.59. The maximum Gasteiger partial charge on any atom is 0.337 e. The van der Waals surface area contributed by atoms with E-state index in [0.717, 1.165) is 0 Å². The van der Waals surface area contributed by atoms with Crippen LogP contribution < -0.4 is 5.32 Å². The average Bonchev–Trinajstić information content (AvgIpc) is 2.51. The smallest absolute Gasteiger partial charge is 0.337 e. The molecule has 0 saturated heterocycles. The van der Waals surface area contributed by atoms with Gasteiger partial charge >= 0.3 is 12.0 Å². The van der Waals surface area contributed by atoms with Gasteiger partial charge in [0.05, 0.1) is 18.7 Å². The Kier molecular flexibility index (Phi) is 4.60. The number of halogens is 1. The zero-order chi connectivity index (χ0) is 16.3. The fourth-order valence-corrected chi connectivity index (χ4v) is 2.41. The molecule has 0 aliphatic carbocycles. The lowest BCUT2D eigenvalue weighted by molar-refractivity contribution is -0.136. The van der Waals surface area contributed by atoms with Crippen molar-refractivity contribution < 1.29 is 18.7 Å². The zero-order valence-corrected chi connectivity index (χ0v) is 12.4. The molecule has 116 valence electrons. The Morgan fingerprint density at radius 1 is 1.45 bits per heavy atom. The number of carbonyl (C=O) groups is 2. The van der Waals surface area contributed by atoms with Crippen LogP contribution in [0.25, 0.3) is 0 Å². The fourth-order valence-electron chi connectivity index (χ4n) is 2.41. The van der Waals surface area contributed by atoms with Crippen LogP contribution >= 0.6 is 0 Å². The number of carbonyl (C=O) groups excluding carboxylic acids is 2. The minimum Gasteiger partial charge on any atom is -0.466 e. The number of methoxy groups -OCH3 is 1. The molecule has 0 radical (unpaired) electrons. The molecule has 0 saturated carbocycles. The molecule has 1 heterocycles. The van der Waals surface area contributed by atoms with Crippen LogP contribution in [-0.4, -0.2) is 30.6 Å². The number of rotatable bonds is 4. The van der Waals surface area contributed by atoms with E-state index < -0.39 is 12.0 Å². The van der Waals surface area contributed by atoms with Gasteiger partial charge in [0.2, 0.25) is 0 Å². The van der Waals surface area contributed by atoms with E-state index >= 15 is 0 Å². The monoisotopic (exact) mass is 304 g/mol. The van der Waals surface area contributed by atoms with Gasteiger partial charge in [0, 0.05) is 12.2 Å². The Hall–Kier alpha value is -2.63. The normalized spacial score (nSPS) is 18.0. The van der Waals surface area contributed by atoms with Gasteiger partial charge < -0.3 is 10.1 Å². The summed E-state index contributed by atoms with van der Waals surface area (Å²) in [4.78, 5) is 25.7. The summed E-state index contributed by atoms with van der Waals surface area (Å²) < 4.78 is 17.9. The van der Waals surface area contributed by atoms with Gasteiger partial charge in [0.1, 0.15) is 5.82 Å². The summed E-state index contributed by atoms with van der Waals surface area (Å²) in [6.45, 7) is 5.54. The second-order valence-electron chi connectivity index (χ2n) is 4.82. The number of hydrogen-bond acceptors (Lipinski definition) is 3. The molecule has 1 aromatic carbocycles. The third kappa shape index (κ3) is 2.86. The SMILES string of the molecule is C=CCN1C(=O)NC(c2ccc(F)cc2)C(C(=O)OC)=C1C. The Balaban J connectivity index is 2.52. The number of allylic oxidation sites excluding steroid dienone is 1. The lowest BCUT2D eigenvalue weighted by atomic mass is 9.95. The Morgan fingerprint density at radius 3 is 2.64 bits per heavy atom. The van der Waals surface area contributed by atoms with Crippen LogP contribution in [0.4, 0.5) is 9.18 Å². The molecule has 0 spiro atoms. The standard InChI is InChI=1S/C16H17FN2O3/c1-4-9-19-10(2)13(15(20)22-3)14(18-16(19)21)11-5-7-12(17)8-6-11/h4-8,14H,1,9H2,2-3H3,(H,18,21). The van der Waals surface area contributed by atoms with Crippen molar-refractivity contribution in [2.45, 2.75) is 13.0 Å². The Labute approximate surface area is 128 Å². The van der Waals surface area contributed by atoms with Crippen molar-refractivity contribution in [2.24, 2.45) is 0 Å². The van der Waals surface area contributed by atoms with Crippen molar-refractivity contribution in [2.75, 3.05) is 13.7 Å². The second-order valence-corrected chi connectivity index (χ2v) is 4.82. The fraction of sp³-hybridized carbons (Fsp3) is 0.250. The van der Waals surface area contributed by atoms with Crippen molar-refractivity contribution in [1.29, 1.82) is 0 Å². The maximum absolute atomic E-state index is 13.1. The molecule has 2 amide bonds. The highest BCUT2D eigenvalue weighted by atomic mass is 19.1. The van der Waals surface area contributed by atoms with Gasteiger partial charge in [0.25, 0.3) is 0 Å². The summed E-state index contributed by atoms with van der Waals surface area (Å²) in [5.41, 5.74) is 1.41. The predicted octanol–water partition coefficient (Wildman–Crippen LogP) is 2.53. The first kappa shape index (κ1) is 15.8. The lowest BCUT2D eigenvalue weighted by Crippen LogP contribution is -2.47. The zero-order valence-electron chi connectivity index (χ0n) is 12.4. The van der Waals surface area contributed by atoms with Gasteiger partial charge in [-0.2, -0.15) is 0 Å². The molecule has 2 rings (SSSR count). The van der Waals surface area contributed by atoms with Crippen molar-refractivity contribution in [3.05, 3.63) is 59.6 Å². The molecule has 0 fully saturated rings. The average molecular weight is 304 g/mol. The van der Waals surface area contributed by atoms with E-state index in [1.54, 1.807) is 13.0 Å².